The molecule has 0 atom stereocenters. The highest BCUT2D eigenvalue weighted by molar-refractivity contribution is 6.32. The number of benzene rings is 13. The van der Waals surface area contributed by atoms with Crippen molar-refractivity contribution in [3.05, 3.63) is 418 Å². The molecule has 0 aromatic heterocycles. The van der Waals surface area contributed by atoms with E-state index in [1.165, 1.54) is 55.2 Å². The average Bonchev–Trinajstić information content (AvgIpc) is 0.659. The highest BCUT2D eigenvalue weighted by Gasteiger charge is 2.26. The van der Waals surface area contributed by atoms with Crippen LogP contribution in [0.3, 0.4) is 0 Å². The minimum atomic E-state index is -0.278. The van der Waals surface area contributed by atoms with E-state index in [0.29, 0.717) is 118 Å². The Morgan fingerprint density at radius 2 is 0.622 bits per heavy atom. The lowest BCUT2D eigenvalue weighted by Crippen LogP contribution is -2.40. The molecule has 2 saturated carbocycles. The van der Waals surface area contributed by atoms with Crippen LogP contribution in [0.1, 0.15) is 156 Å². The van der Waals surface area contributed by atoms with E-state index < -0.39 is 0 Å². The van der Waals surface area contributed by atoms with Crippen molar-refractivity contribution in [2.24, 2.45) is 17.8 Å². The van der Waals surface area contributed by atoms with E-state index in [4.69, 9.17) is 98.0 Å². The number of carbonyl (C=O) groups excluding carboxylic acids is 8. The van der Waals surface area contributed by atoms with Crippen molar-refractivity contribution in [3.63, 3.8) is 0 Å². The number of aryl methyl sites for hydroxylation is 7. The topological polar surface area (TPSA) is 252 Å². The summed E-state index contributed by atoms with van der Waals surface area (Å²) in [6.07, 6.45) is 16.7. The van der Waals surface area contributed by atoms with Gasteiger partial charge in [-0.25, -0.2) is 0 Å². The van der Waals surface area contributed by atoms with Crippen molar-refractivity contribution in [1.82, 2.24) is 21.3 Å². The molecule has 13 aromatic carbocycles. The molecular formula is C123H131Cl6N5O14. The first-order valence-corrected chi connectivity index (χ1v) is 52.5. The quantitative estimate of drug-likeness (QED) is 0.0238. The first kappa shape index (κ1) is 115. The minimum Gasteiger partial charge on any atom is -0.486 e. The Bertz CT molecular complexity index is 5870. The number of halogens is 6. The van der Waals surface area contributed by atoms with Crippen molar-refractivity contribution in [2.45, 2.75) is 175 Å². The third-order valence-corrected chi connectivity index (χ3v) is 26.8. The second-order valence-electron chi connectivity index (χ2n) is 37.3. The zero-order valence-electron chi connectivity index (χ0n) is 84.3. The van der Waals surface area contributed by atoms with E-state index >= 15 is 0 Å². The predicted molar refractivity (Wildman–Crippen MR) is 594 cm³/mol. The van der Waals surface area contributed by atoms with Crippen LogP contribution in [0.2, 0.25) is 30.1 Å². The van der Waals surface area contributed by atoms with Gasteiger partial charge >= 0.3 is 0 Å². The first-order valence-electron chi connectivity index (χ1n) is 50.3. The van der Waals surface area contributed by atoms with Crippen LogP contribution in [0.25, 0.3) is 0 Å². The number of Topliss-reactive ketones (excluding diaryl/α,β-unsaturated/α-hetero) is 4. The summed E-state index contributed by atoms with van der Waals surface area (Å²) >= 11 is 35.8. The number of ketones is 4. The number of anilines is 1. The summed E-state index contributed by atoms with van der Waals surface area (Å²) in [6.45, 7) is 10.9. The predicted octanol–water partition coefficient (Wildman–Crippen LogP) is 26.7. The smallest absolute Gasteiger partial charge is 0.262 e. The van der Waals surface area contributed by atoms with E-state index in [2.05, 4.69) is 50.8 Å². The maximum absolute atomic E-state index is 12.2. The number of nitrogens with one attached hydrogen (secondary N) is 5. The summed E-state index contributed by atoms with van der Waals surface area (Å²) in [7, 11) is 0. The van der Waals surface area contributed by atoms with E-state index in [-0.39, 0.29) is 98.9 Å². The number of hydrogen-bond donors (Lipinski definition) is 5. The van der Waals surface area contributed by atoms with E-state index in [1.54, 1.807) is 97.1 Å². The molecule has 0 radical (unpaired) electrons. The summed E-state index contributed by atoms with van der Waals surface area (Å²) in [5.41, 5.74) is 14.8. The highest BCUT2D eigenvalue weighted by Crippen LogP contribution is 2.34. The number of carbonyl (C=O) groups is 8. The van der Waals surface area contributed by atoms with Crippen LogP contribution in [0.4, 0.5) is 5.69 Å². The summed E-state index contributed by atoms with van der Waals surface area (Å²) < 4.78 is 32.9. The van der Waals surface area contributed by atoms with Crippen molar-refractivity contribution in [3.8, 4) is 34.5 Å². The first-order chi connectivity index (χ1) is 71.6. The molecule has 19 nitrogen and oxygen atoms in total. The zero-order chi connectivity index (χ0) is 105. The van der Waals surface area contributed by atoms with Crippen LogP contribution >= 0.6 is 69.6 Å². The molecule has 0 unspecified atom stereocenters. The Morgan fingerprint density at radius 1 is 0.284 bits per heavy atom. The van der Waals surface area contributed by atoms with E-state index in [9.17, 15) is 38.4 Å². The monoisotopic (exact) mass is 2110 g/mol. The summed E-state index contributed by atoms with van der Waals surface area (Å²) in [5.74, 6) is 5.72. The second-order valence-corrected chi connectivity index (χ2v) is 39.9. The normalized spacial score (nSPS) is 13.8. The number of rotatable bonds is 46. The molecule has 4 amide bonds. The van der Waals surface area contributed by atoms with Gasteiger partial charge in [0.1, 0.15) is 60.1 Å². The van der Waals surface area contributed by atoms with Crippen LogP contribution in [0.15, 0.2) is 315 Å². The molecule has 2 fully saturated rings. The molecule has 0 bridgehead atoms. The molecule has 5 N–H and O–H groups in total. The lowest BCUT2D eigenvalue weighted by atomic mass is 9.79. The van der Waals surface area contributed by atoms with Gasteiger partial charge in [0.2, 0.25) is 5.91 Å². The molecule has 774 valence electrons. The molecule has 0 saturated heterocycles. The fourth-order valence-electron chi connectivity index (χ4n) is 16.4. The molecule has 15 rings (SSSR count). The Balaban J connectivity index is 0.000000176. The Labute approximate surface area is 900 Å². The van der Waals surface area contributed by atoms with Gasteiger partial charge < -0.3 is 55.0 Å². The average molecular weight is 2120 g/mol. The van der Waals surface area contributed by atoms with E-state index in [0.717, 1.165) is 128 Å². The second kappa shape index (κ2) is 63.6. The summed E-state index contributed by atoms with van der Waals surface area (Å²) in [5, 5.41) is 19.5. The van der Waals surface area contributed by atoms with Gasteiger partial charge in [0.25, 0.3) is 17.7 Å². The Hall–Kier alpha value is -13.1. The van der Waals surface area contributed by atoms with Gasteiger partial charge in [-0.15, -0.1) is 0 Å². The fourth-order valence-corrected chi connectivity index (χ4v) is 17.4. The maximum Gasteiger partial charge on any atom is 0.262 e. The van der Waals surface area contributed by atoms with Crippen LogP contribution < -0.4 is 55.0 Å². The van der Waals surface area contributed by atoms with E-state index in [1.807, 2.05) is 222 Å². The van der Waals surface area contributed by atoms with Gasteiger partial charge in [0.05, 0.1) is 6.42 Å². The zero-order valence-corrected chi connectivity index (χ0v) is 88.9. The largest absolute Gasteiger partial charge is 0.486 e. The molecule has 0 aliphatic heterocycles. The molecule has 0 spiro atoms. The van der Waals surface area contributed by atoms with Crippen LogP contribution in [0.5, 0.6) is 34.5 Å². The van der Waals surface area contributed by atoms with Crippen LogP contribution in [-0.2, 0) is 96.5 Å². The SMILES string of the molecule is Cc1ccc(CC(=O)NCc2ccc(CCC(=O)Cc3ccc(Cl)cc3)cc2)cc1.Cc1ccc(OCC(=O)CC2CCC(NC(=O)COc3ccc(Cl)cc3)CC2)cc1.Cc1ccc(OCC(=O)CCc2ccc(CNC(=O)COc3ccc(Cl)cc3)cc2)cc1.Cc1ccc(OCC(=O)Cc2ccc(NC(=O)COc3ccc(Cl)cc3)cc2)cc1.Clc1ccccc1CCCC1CCC(CNCc2ccccc2Cl)CC1. The third-order valence-electron chi connectivity index (χ3n) is 25.1. The fraction of sp³-hybridized carbons (Fsp3) is 0.301. The molecule has 2 aliphatic rings. The molecule has 2 aliphatic carbocycles. The van der Waals surface area contributed by atoms with Crippen molar-refractivity contribution in [2.75, 3.05) is 51.5 Å². The van der Waals surface area contributed by atoms with Gasteiger partial charge in [-0.3, -0.25) is 38.4 Å². The molecule has 148 heavy (non-hydrogen) atoms. The van der Waals surface area contributed by atoms with Gasteiger partial charge in [-0.05, 0) is 312 Å². The van der Waals surface area contributed by atoms with Gasteiger partial charge in [0, 0.05) is 93.6 Å². The Kier molecular flexibility index (Phi) is 49.5. The van der Waals surface area contributed by atoms with Crippen molar-refractivity contribution < 1.29 is 66.8 Å². The van der Waals surface area contributed by atoms with Gasteiger partial charge in [0.15, 0.2) is 37.2 Å². The number of amides is 4. The molecular weight excluding hydrogens is 1980 g/mol. The minimum absolute atomic E-state index is 0.00993. The molecule has 13 aromatic rings. The van der Waals surface area contributed by atoms with Gasteiger partial charge in [-0.2, -0.15) is 0 Å². The lowest BCUT2D eigenvalue weighted by molar-refractivity contribution is -0.125. The summed E-state index contributed by atoms with van der Waals surface area (Å²) in [6, 6.07) is 98.4. The van der Waals surface area contributed by atoms with Crippen LogP contribution in [0, 0.1) is 45.4 Å². The molecule has 25 heteroatoms. The highest BCUT2D eigenvalue weighted by atomic mass is 35.5. The van der Waals surface area contributed by atoms with Crippen molar-refractivity contribution >= 4 is 122 Å². The lowest BCUT2D eigenvalue weighted by Gasteiger charge is -2.28. The third kappa shape index (κ3) is 45.7. The number of ether oxygens (including phenoxy) is 6. The Morgan fingerprint density at radius 3 is 1.09 bits per heavy atom. The standard InChI is InChI=1S/C26H26ClNO4.C26H26ClNO2.C24H28ClNO4.C24H22ClNO4.C23H29Cl2N/c1-19-2-12-24(13-3-19)31-17-23(29)11-8-20-4-6-21(7-5-20)16-28-26(30)18-32-25-14-9-22(27)10-15-25;1-19-2-4-22(5-3-19)17-26(30)28-18-23-8-6-20(7-9-23)12-15-25(29)16-21-10-13-24(27)14-11-21;2*1-17-2-10-22(11-3-17)29-15-21(27)14-18-4-8-20(9-5-18)26-24(28)16-30-23-12-6-19(25)7-13-23;24-22-10-3-1-7-20(22)9-5-6-18-12-14-19(15-13-18)16-26-17-21-8-2-4-11-23(21)25/h2-7,9-10,12-15H,8,11,16-18H2,1H3,(H,28,30);2-11,13-14H,12,15-18H2,1H3,(H,28,30);2-3,6-7,10-13,18,20H,4-5,8-9,14-16H2,1H3,(H,26,28);2-13H,14-16H2,1H3,(H,26,28);1-4,7-8,10-11,18-19,26H,5-6,9,12-17H2. The molecule has 0 heterocycles. The summed E-state index contributed by atoms with van der Waals surface area (Å²) in [4.78, 5) is 96.9. The van der Waals surface area contributed by atoms with Crippen molar-refractivity contribution in [1.29, 1.82) is 0 Å². The van der Waals surface area contributed by atoms with Crippen LogP contribution in [-0.4, -0.2) is 99.0 Å². The maximum atomic E-state index is 12.2. The van der Waals surface area contributed by atoms with Gasteiger partial charge in [-0.1, -0.05) is 281 Å². The number of hydrogen-bond acceptors (Lipinski definition) is 15.